The number of carbonyl (C=O) groups is 4. The fourth-order valence-electron chi connectivity index (χ4n) is 7.35. The first-order valence-electron chi connectivity index (χ1n) is 17.3. The second kappa shape index (κ2) is 13.6. The van der Waals surface area contributed by atoms with E-state index in [0.717, 1.165) is 96.0 Å². The molecule has 2 saturated heterocycles. The molecule has 1 aromatic heterocycles. The summed E-state index contributed by atoms with van der Waals surface area (Å²) in [5.74, 6) is -0.520. The van der Waals surface area contributed by atoms with E-state index < -0.39 is 17.9 Å². The molecule has 4 aromatic rings. The Balaban J connectivity index is 0.757. The molecule has 1 aliphatic carbocycles. The summed E-state index contributed by atoms with van der Waals surface area (Å²) in [6, 6.07) is 19.1. The van der Waals surface area contributed by atoms with Crippen LogP contribution in [0.4, 0.5) is 11.4 Å². The monoisotopic (exact) mass is 693 g/mol. The second-order valence-electron chi connectivity index (χ2n) is 13.4. The summed E-state index contributed by atoms with van der Waals surface area (Å²) in [4.78, 5) is 63.4. The summed E-state index contributed by atoms with van der Waals surface area (Å²) in [5, 5.41) is 1.01. The molecule has 1 saturated carbocycles. The number of carbonyl (C=O) groups excluding carboxylic acids is 4. The SMILES string of the molecule is COc1ccc2nc(-c3ccc(N4CC(OCCCN5CCN(c6ccc7c(c6)C(=O)N(C6CCC(=O)CC6=O)C7=O)CC5)C4)cc3)sc2c1. The number of anilines is 2. The first kappa shape index (κ1) is 32.5. The highest BCUT2D eigenvalue weighted by Gasteiger charge is 2.44. The normalized spacial score (nSPS) is 20.2. The Morgan fingerprint density at radius 2 is 1.60 bits per heavy atom. The lowest BCUT2D eigenvalue weighted by Gasteiger charge is -2.41. The number of thiazole rings is 1. The summed E-state index contributed by atoms with van der Waals surface area (Å²) in [6.45, 7) is 6.92. The van der Waals surface area contributed by atoms with Crippen LogP contribution in [-0.2, 0) is 14.3 Å². The number of nitrogens with zero attached hydrogens (tertiary/aromatic N) is 5. The van der Waals surface area contributed by atoms with Gasteiger partial charge in [0.15, 0.2) is 5.78 Å². The predicted octanol–water partition coefficient (Wildman–Crippen LogP) is 4.68. The van der Waals surface area contributed by atoms with Gasteiger partial charge in [-0.3, -0.25) is 29.0 Å². The van der Waals surface area contributed by atoms with Crippen LogP contribution in [0.3, 0.4) is 0 Å². The molecule has 4 heterocycles. The Bertz CT molecular complexity index is 1960. The van der Waals surface area contributed by atoms with Crippen molar-refractivity contribution >= 4 is 56.3 Å². The average molecular weight is 694 g/mol. The fraction of sp³-hybridized carbons (Fsp3) is 0.395. The average Bonchev–Trinajstić information content (AvgIpc) is 3.65. The smallest absolute Gasteiger partial charge is 0.262 e. The molecule has 3 aromatic carbocycles. The second-order valence-corrected chi connectivity index (χ2v) is 14.5. The van der Waals surface area contributed by atoms with Gasteiger partial charge in [0.05, 0.1) is 47.0 Å². The van der Waals surface area contributed by atoms with Crippen LogP contribution in [0.5, 0.6) is 5.75 Å². The van der Waals surface area contributed by atoms with Crippen molar-refractivity contribution < 1.29 is 28.7 Å². The van der Waals surface area contributed by atoms with Gasteiger partial charge in [-0.15, -0.1) is 11.3 Å². The van der Waals surface area contributed by atoms with Crippen molar-refractivity contribution in [3.63, 3.8) is 0 Å². The molecule has 4 aliphatic rings. The van der Waals surface area contributed by atoms with Crippen molar-refractivity contribution in [3.05, 3.63) is 71.8 Å². The van der Waals surface area contributed by atoms with Gasteiger partial charge in [0, 0.05) is 75.8 Å². The van der Waals surface area contributed by atoms with Gasteiger partial charge >= 0.3 is 0 Å². The Kier molecular flexibility index (Phi) is 8.84. The number of ether oxygens (including phenoxy) is 2. The number of hydrogen-bond donors (Lipinski definition) is 0. The van der Waals surface area contributed by atoms with E-state index in [-0.39, 0.29) is 36.9 Å². The van der Waals surface area contributed by atoms with E-state index in [9.17, 15) is 19.2 Å². The van der Waals surface area contributed by atoms with Crippen molar-refractivity contribution in [2.75, 3.05) is 69.3 Å². The third-order valence-corrected chi connectivity index (χ3v) is 11.4. The Labute approximate surface area is 294 Å². The molecule has 3 fully saturated rings. The van der Waals surface area contributed by atoms with Gasteiger partial charge in [0.1, 0.15) is 16.5 Å². The van der Waals surface area contributed by atoms with E-state index in [1.807, 2.05) is 24.3 Å². The van der Waals surface area contributed by atoms with Crippen molar-refractivity contribution in [2.45, 2.75) is 37.8 Å². The number of imide groups is 1. The molecule has 1 unspecified atom stereocenters. The number of piperazine rings is 1. The molecule has 3 aliphatic heterocycles. The van der Waals surface area contributed by atoms with Gasteiger partial charge in [-0.2, -0.15) is 0 Å². The molecule has 12 heteroatoms. The standard InChI is InChI=1S/C38H39N5O6S/c1-48-28-9-11-32-35(21-28)50-36(39-32)24-3-5-25(6-4-24)42-22-29(23-42)49-18-2-13-40-14-16-41(17-15-40)26-7-10-30-31(19-26)38(47)43(37(30)46)33-12-8-27(44)20-34(33)45/h3-7,9-11,19,21,29,33H,2,8,12-18,20,22-23H2,1H3. The van der Waals surface area contributed by atoms with Crippen LogP contribution in [0, 0.1) is 0 Å². The van der Waals surface area contributed by atoms with Crippen molar-refractivity contribution in [1.82, 2.24) is 14.8 Å². The Hall–Kier alpha value is -4.65. The number of benzene rings is 3. The Morgan fingerprint density at radius 3 is 2.36 bits per heavy atom. The van der Waals surface area contributed by atoms with E-state index in [0.29, 0.717) is 11.1 Å². The summed E-state index contributed by atoms with van der Waals surface area (Å²) in [5.41, 5.74) is 4.87. The molecule has 0 N–H and O–H groups in total. The van der Waals surface area contributed by atoms with Crippen LogP contribution in [-0.4, -0.2) is 110 Å². The van der Waals surface area contributed by atoms with Crippen LogP contribution in [0.25, 0.3) is 20.8 Å². The van der Waals surface area contributed by atoms with E-state index in [1.165, 1.54) is 5.69 Å². The first-order chi connectivity index (χ1) is 24.3. The molecule has 8 rings (SSSR count). The zero-order valence-corrected chi connectivity index (χ0v) is 28.8. The van der Waals surface area contributed by atoms with Gasteiger partial charge in [0.2, 0.25) is 0 Å². The Morgan fingerprint density at radius 1 is 0.840 bits per heavy atom. The molecule has 50 heavy (non-hydrogen) atoms. The minimum atomic E-state index is -0.848. The van der Waals surface area contributed by atoms with E-state index in [4.69, 9.17) is 14.5 Å². The lowest BCUT2D eigenvalue weighted by atomic mass is 9.92. The number of amides is 2. The largest absolute Gasteiger partial charge is 0.497 e. The molecule has 258 valence electrons. The van der Waals surface area contributed by atoms with Gasteiger partial charge in [0.25, 0.3) is 11.8 Å². The molecule has 0 spiro atoms. The molecule has 0 bridgehead atoms. The van der Waals surface area contributed by atoms with E-state index >= 15 is 0 Å². The summed E-state index contributed by atoms with van der Waals surface area (Å²) in [6.07, 6.45) is 1.43. The van der Waals surface area contributed by atoms with Gasteiger partial charge in [-0.1, -0.05) is 0 Å². The minimum absolute atomic E-state index is 0.135. The maximum Gasteiger partial charge on any atom is 0.262 e. The number of ketones is 2. The molecule has 11 nitrogen and oxygen atoms in total. The summed E-state index contributed by atoms with van der Waals surface area (Å²) < 4.78 is 12.6. The third kappa shape index (κ3) is 6.27. The number of methoxy groups -OCH3 is 1. The minimum Gasteiger partial charge on any atom is -0.497 e. The molecular formula is C38H39N5O6S. The van der Waals surface area contributed by atoms with Crippen LogP contribution >= 0.6 is 11.3 Å². The zero-order valence-electron chi connectivity index (χ0n) is 28.0. The van der Waals surface area contributed by atoms with Crippen LogP contribution in [0.15, 0.2) is 60.7 Å². The highest BCUT2D eigenvalue weighted by Crippen LogP contribution is 2.35. The lowest BCUT2D eigenvalue weighted by Crippen LogP contribution is -2.52. The fourth-order valence-corrected chi connectivity index (χ4v) is 8.35. The third-order valence-electron chi connectivity index (χ3n) is 10.3. The maximum atomic E-state index is 13.3. The van der Waals surface area contributed by atoms with Crippen molar-refractivity contribution in [2.24, 2.45) is 0 Å². The van der Waals surface area contributed by atoms with Crippen LogP contribution in [0.1, 0.15) is 46.4 Å². The number of Topliss-reactive ketones (excluding diaryl/α,β-unsaturated/α-hetero) is 2. The van der Waals surface area contributed by atoms with Crippen molar-refractivity contribution in [1.29, 1.82) is 0 Å². The highest BCUT2D eigenvalue weighted by atomic mass is 32.1. The van der Waals surface area contributed by atoms with Gasteiger partial charge in [-0.05, 0) is 73.5 Å². The van der Waals surface area contributed by atoms with Gasteiger partial charge in [-0.25, -0.2) is 4.98 Å². The topological polar surface area (TPSA) is 113 Å². The number of fused-ring (bicyclic) bond motifs is 2. The van der Waals surface area contributed by atoms with E-state index in [2.05, 4.69) is 39.0 Å². The highest BCUT2D eigenvalue weighted by molar-refractivity contribution is 7.21. The maximum absolute atomic E-state index is 13.3. The quantitative estimate of drug-likeness (QED) is 0.132. The van der Waals surface area contributed by atoms with Gasteiger partial charge < -0.3 is 19.3 Å². The van der Waals surface area contributed by atoms with Crippen LogP contribution in [0.2, 0.25) is 0 Å². The number of rotatable bonds is 10. The molecule has 2 amide bonds. The number of hydrogen-bond acceptors (Lipinski definition) is 11. The molecular weight excluding hydrogens is 655 g/mol. The van der Waals surface area contributed by atoms with Crippen molar-refractivity contribution in [3.8, 4) is 16.3 Å². The first-order valence-corrected chi connectivity index (χ1v) is 18.1. The summed E-state index contributed by atoms with van der Waals surface area (Å²) in [7, 11) is 1.68. The van der Waals surface area contributed by atoms with Crippen LogP contribution < -0.4 is 14.5 Å². The number of aromatic nitrogens is 1. The predicted molar refractivity (Wildman–Crippen MR) is 191 cm³/mol. The lowest BCUT2D eigenvalue weighted by molar-refractivity contribution is -0.132. The molecule has 0 radical (unpaired) electrons. The summed E-state index contributed by atoms with van der Waals surface area (Å²) >= 11 is 1.67. The molecule has 1 atom stereocenters. The van der Waals surface area contributed by atoms with E-state index in [1.54, 1.807) is 30.6 Å². The zero-order chi connectivity index (χ0) is 34.4.